The number of aromatic nitrogens is 2. The van der Waals surface area contributed by atoms with Gasteiger partial charge in [-0.25, -0.2) is 4.68 Å². The molecule has 3 rings (SSSR count). The van der Waals surface area contributed by atoms with Crippen LogP contribution in [0.2, 0.25) is 0 Å². The number of anilines is 1. The van der Waals surface area contributed by atoms with Crippen molar-refractivity contribution >= 4 is 29.4 Å². The standard InChI is InChI=1S/C19H26N6S/c1-14(2)21-19(26)22-20-13-17-15(3)23-25(16-9-5-4-6-10-16)18(17)24-11-7-8-12-24/h4-6,9-10,13-14H,7-8,11-12H2,1-3H3,(H2,21,22,26)/b20-13-. The molecular weight excluding hydrogens is 344 g/mol. The van der Waals surface area contributed by atoms with Crippen LogP contribution in [0.15, 0.2) is 35.4 Å². The van der Waals surface area contributed by atoms with E-state index in [9.17, 15) is 0 Å². The number of para-hydroxylation sites is 1. The molecule has 1 aliphatic heterocycles. The Morgan fingerprint density at radius 1 is 1.23 bits per heavy atom. The molecule has 2 heterocycles. The van der Waals surface area contributed by atoms with Gasteiger partial charge >= 0.3 is 0 Å². The van der Waals surface area contributed by atoms with E-state index in [1.807, 2.05) is 49.9 Å². The molecule has 0 unspecified atom stereocenters. The molecule has 0 aliphatic carbocycles. The summed E-state index contributed by atoms with van der Waals surface area (Å²) >= 11 is 5.23. The normalized spacial score (nSPS) is 14.4. The molecule has 0 saturated carbocycles. The quantitative estimate of drug-likeness (QED) is 0.481. The molecule has 2 aromatic rings. The van der Waals surface area contributed by atoms with Gasteiger partial charge in [0.25, 0.3) is 0 Å². The molecule has 1 saturated heterocycles. The number of thiocarbonyl (C=S) groups is 1. The van der Waals surface area contributed by atoms with Crippen molar-refractivity contribution in [3.63, 3.8) is 0 Å². The summed E-state index contributed by atoms with van der Waals surface area (Å²) in [5.74, 6) is 1.10. The first-order valence-electron chi connectivity index (χ1n) is 9.06. The molecule has 1 aromatic heterocycles. The smallest absolute Gasteiger partial charge is 0.187 e. The Morgan fingerprint density at radius 2 is 1.92 bits per heavy atom. The van der Waals surface area contributed by atoms with Gasteiger partial charge in [-0.2, -0.15) is 10.2 Å². The highest BCUT2D eigenvalue weighted by molar-refractivity contribution is 7.80. The van der Waals surface area contributed by atoms with Crippen LogP contribution < -0.4 is 15.6 Å². The highest BCUT2D eigenvalue weighted by Gasteiger charge is 2.23. The lowest BCUT2D eigenvalue weighted by molar-refractivity contribution is 0.719. The second-order valence-corrected chi connectivity index (χ2v) is 7.17. The zero-order chi connectivity index (χ0) is 18.5. The molecule has 6 nitrogen and oxygen atoms in total. The molecular formula is C19H26N6S. The van der Waals surface area contributed by atoms with Gasteiger partial charge in [-0.15, -0.1) is 0 Å². The molecule has 1 fully saturated rings. The minimum absolute atomic E-state index is 0.271. The number of benzene rings is 1. The second kappa shape index (κ2) is 8.31. The maximum atomic E-state index is 5.23. The van der Waals surface area contributed by atoms with Crippen LogP contribution in [0.5, 0.6) is 0 Å². The monoisotopic (exact) mass is 370 g/mol. The fraction of sp³-hybridized carbons (Fsp3) is 0.421. The third-order valence-corrected chi connectivity index (χ3v) is 4.48. The maximum Gasteiger partial charge on any atom is 0.187 e. The molecule has 26 heavy (non-hydrogen) atoms. The van der Waals surface area contributed by atoms with Crippen molar-refractivity contribution in [3.05, 3.63) is 41.6 Å². The van der Waals surface area contributed by atoms with E-state index in [0.29, 0.717) is 5.11 Å². The second-order valence-electron chi connectivity index (χ2n) is 6.76. The van der Waals surface area contributed by atoms with Crippen molar-refractivity contribution in [2.24, 2.45) is 5.10 Å². The van der Waals surface area contributed by atoms with Gasteiger partial charge in [0, 0.05) is 19.1 Å². The summed E-state index contributed by atoms with van der Waals surface area (Å²) in [6.07, 6.45) is 4.23. The Hall–Kier alpha value is -2.41. The summed E-state index contributed by atoms with van der Waals surface area (Å²) in [4.78, 5) is 2.39. The van der Waals surface area contributed by atoms with E-state index < -0.39 is 0 Å². The van der Waals surface area contributed by atoms with E-state index in [4.69, 9.17) is 17.3 Å². The third-order valence-electron chi connectivity index (χ3n) is 4.27. The van der Waals surface area contributed by atoms with Crippen LogP contribution in [-0.4, -0.2) is 40.2 Å². The highest BCUT2D eigenvalue weighted by atomic mass is 32.1. The third kappa shape index (κ3) is 4.22. The van der Waals surface area contributed by atoms with Crippen molar-refractivity contribution in [2.75, 3.05) is 18.0 Å². The van der Waals surface area contributed by atoms with Gasteiger partial charge in [-0.1, -0.05) is 18.2 Å². The maximum absolute atomic E-state index is 5.23. The lowest BCUT2D eigenvalue weighted by Gasteiger charge is -2.20. The number of nitrogens with one attached hydrogen (secondary N) is 2. The molecule has 2 N–H and O–H groups in total. The van der Waals surface area contributed by atoms with Gasteiger partial charge in [0.15, 0.2) is 5.11 Å². The van der Waals surface area contributed by atoms with E-state index in [1.54, 1.807) is 0 Å². The number of rotatable bonds is 5. The van der Waals surface area contributed by atoms with Gasteiger partial charge in [0.1, 0.15) is 5.82 Å². The summed E-state index contributed by atoms with van der Waals surface area (Å²) in [7, 11) is 0. The van der Waals surface area contributed by atoms with Crippen LogP contribution in [-0.2, 0) is 0 Å². The Bertz CT molecular complexity index is 775. The Labute approximate surface area is 160 Å². The van der Waals surface area contributed by atoms with Crippen LogP contribution in [0.1, 0.15) is 37.9 Å². The van der Waals surface area contributed by atoms with E-state index in [2.05, 4.69) is 32.9 Å². The predicted octanol–water partition coefficient (Wildman–Crippen LogP) is 2.99. The Kier molecular flexibility index (Phi) is 5.88. The van der Waals surface area contributed by atoms with Crippen LogP contribution in [0.3, 0.4) is 0 Å². The van der Waals surface area contributed by atoms with E-state index >= 15 is 0 Å². The number of aryl methyl sites for hydroxylation is 1. The Morgan fingerprint density at radius 3 is 2.58 bits per heavy atom. The van der Waals surface area contributed by atoms with Crippen molar-refractivity contribution in [2.45, 2.75) is 39.7 Å². The van der Waals surface area contributed by atoms with Crippen molar-refractivity contribution in [3.8, 4) is 5.69 Å². The van der Waals surface area contributed by atoms with Gasteiger partial charge < -0.3 is 10.2 Å². The lowest BCUT2D eigenvalue weighted by Crippen LogP contribution is -2.36. The molecule has 0 radical (unpaired) electrons. The van der Waals surface area contributed by atoms with Crippen molar-refractivity contribution < 1.29 is 0 Å². The number of hydrogen-bond donors (Lipinski definition) is 2. The number of hydrogen-bond acceptors (Lipinski definition) is 4. The molecule has 1 aromatic carbocycles. The van der Waals surface area contributed by atoms with Gasteiger partial charge in [-0.05, 0) is 58.0 Å². The molecule has 0 atom stereocenters. The average Bonchev–Trinajstić information content (AvgIpc) is 3.23. The summed E-state index contributed by atoms with van der Waals surface area (Å²) in [5, 5.41) is 12.8. The van der Waals surface area contributed by atoms with Crippen LogP contribution in [0.4, 0.5) is 5.82 Å². The van der Waals surface area contributed by atoms with Crippen LogP contribution >= 0.6 is 12.2 Å². The van der Waals surface area contributed by atoms with Gasteiger partial charge in [0.2, 0.25) is 0 Å². The molecule has 0 spiro atoms. The fourth-order valence-electron chi connectivity index (χ4n) is 3.11. The Balaban J connectivity index is 1.91. The largest absolute Gasteiger partial charge is 0.359 e. The zero-order valence-electron chi connectivity index (χ0n) is 15.6. The minimum atomic E-state index is 0.271. The average molecular weight is 371 g/mol. The molecule has 1 aliphatic rings. The predicted molar refractivity (Wildman–Crippen MR) is 111 cm³/mol. The molecule has 7 heteroatoms. The van der Waals surface area contributed by atoms with Crippen LogP contribution in [0.25, 0.3) is 5.69 Å². The minimum Gasteiger partial charge on any atom is -0.359 e. The van der Waals surface area contributed by atoms with Crippen molar-refractivity contribution in [1.29, 1.82) is 0 Å². The molecule has 0 amide bonds. The summed E-state index contributed by atoms with van der Waals surface area (Å²) < 4.78 is 2.02. The van der Waals surface area contributed by atoms with Gasteiger partial charge in [0.05, 0.1) is 23.2 Å². The highest BCUT2D eigenvalue weighted by Crippen LogP contribution is 2.28. The first-order chi connectivity index (χ1) is 12.6. The first-order valence-corrected chi connectivity index (χ1v) is 9.46. The zero-order valence-corrected chi connectivity index (χ0v) is 16.4. The first kappa shape index (κ1) is 18.4. The van der Waals surface area contributed by atoms with Crippen LogP contribution in [0, 0.1) is 6.92 Å². The summed E-state index contributed by atoms with van der Waals surface area (Å²) in [6.45, 7) is 8.18. The van der Waals surface area contributed by atoms with E-state index in [0.717, 1.165) is 35.9 Å². The molecule has 138 valence electrons. The van der Waals surface area contributed by atoms with E-state index in [1.165, 1.54) is 12.8 Å². The fourth-order valence-corrected chi connectivity index (χ4v) is 3.40. The topological polar surface area (TPSA) is 57.5 Å². The van der Waals surface area contributed by atoms with E-state index in [-0.39, 0.29) is 6.04 Å². The summed E-state index contributed by atoms with van der Waals surface area (Å²) in [5.41, 5.74) is 5.92. The molecule has 0 bridgehead atoms. The number of nitrogens with zero attached hydrogens (tertiary/aromatic N) is 4. The van der Waals surface area contributed by atoms with Gasteiger partial charge in [-0.3, -0.25) is 5.43 Å². The summed E-state index contributed by atoms with van der Waals surface area (Å²) in [6, 6.07) is 10.5. The number of hydrazone groups is 1. The SMILES string of the molecule is Cc1nn(-c2ccccc2)c(N2CCCC2)c1/C=N\NC(=S)NC(C)C. The lowest BCUT2D eigenvalue weighted by atomic mass is 10.2. The van der Waals surface area contributed by atoms with Crippen molar-refractivity contribution in [1.82, 2.24) is 20.5 Å².